The van der Waals surface area contributed by atoms with E-state index in [0.717, 1.165) is 0 Å². The van der Waals surface area contributed by atoms with Crippen LogP contribution in [0.25, 0.3) is 0 Å². The highest BCUT2D eigenvalue weighted by atomic mass is 19.4. The van der Waals surface area contributed by atoms with Crippen molar-refractivity contribution >= 4 is 12.0 Å². The molecule has 0 aromatic heterocycles. The van der Waals surface area contributed by atoms with Crippen molar-refractivity contribution in [1.29, 1.82) is 0 Å². The largest absolute Gasteiger partial charge is 0.471 e. The van der Waals surface area contributed by atoms with E-state index < -0.39 is 24.2 Å². The van der Waals surface area contributed by atoms with E-state index in [1.807, 2.05) is 5.32 Å². The molecule has 0 aromatic rings. The molecule has 19 heavy (non-hydrogen) atoms. The van der Waals surface area contributed by atoms with Crippen molar-refractivity contribution in [2.45, 2.75) is 25.1 Å². The monoisotopic (exact) mass is 280 g/mol. The maximum Gasteiger partial charge on any atom is 0.471 e. The molecular weight excluding hydrogens is 265 g/mol. The number of amides is 2. The van der Waals surface area contributed by atoms with Crippen LogP contribution in [-0.4, -0.2) is 48.8 Å². The van der Waals surface area contributed by atoms with Crippen molar-refractivity contribution in [2.24, 2.45) is 0 Å². The van der Waals surface area contributed by atoms with Gasteiger partial charge in [-0.1, -0.05) is 12.7 Å². The van der Waals surface area contributed by atoms with Crippen LogP contribution in [0.5, 0.6) is 0 Å². The van der Waals surface area contributed by atoms with Gasteiger partial charge >= 0.3 is 18.2 Å². The second-order valence-corrected chi connectivity index (χ2v) is 4.10. The zero-order valence-electron chi connectivity index (χ0n) is 10.2. The first-order chi connectivity index (χ1) is 8.84. The van der Waals surface area contributed by atoms with Crippen LogP contribution >= 0.6 is 0 Å². The summed E-state index contributed by atoms with van der Waals surface area (Å²) in [7, 11) is 0. The molecule has 0 atom stereocenters. The zero-order valence-corrected chi connectivity index (χ0v) is 10.2. The predicted octanol–water partition coefficient (Wildman–Crippen LogP) is 1.45. The fraction of sp³-hybridized carbons (Fsp3) is 0.636. The van der Waals surface area contributed by atoms with Crippen LogP contribution in [-0.2, 0) is 9.53 Å². The molecule has 2 amide bonds. The molecule has 1 saturated heterocycles. The van der Waals surface area contributed by atoms with E-state index in [4.69, 9.17) is 4.74 Å². The second kappa shape index (κ2) is 6.44. The molecule has 1 aliphatic heterocycles. The lowest BCUT2D eigenvalue weighted by atomic mass is 10.1. The maximum absolute atomic E-state index is 12.0. The molecule has 0 aliphatic carbocycles. The average Bonchev–Trinajstić information content (AvgIpc) is 2.35. The van der Waals surface area contributed by atoms with Crippen molar-refractivity contribution in [3.63, 3.8) is 0 Å². The summed E-state index contributed by atoms with van der Waals surface area (Å²) in [5.74, 6) is -1.94. The van der Waals surface area contributed by atoms with Crippen LogP contribution in [0.1, 0.15) is 12.8 Å². The SMILES string of the molecule is C=CCOC(=O)N1CCC(NC(=O)C(F)(F)F)CC1. The number of rotatable bonds is 3. The second-order valence-electron chi connectivity index (χ2n) is 4.10. The van der Waals surface area contributed by atoms with E-state index in [9.17, 15) is 22.8 Å². The number of likely N-dealkylation sites (tertiary alicyclic amines) is 1. The van der Waals surface area contributed by atoms with Crippen molar-refractivity contribution in [2.75, 3.05) is 19.7 Å². The van der Waals surface area contributed by atoms with E-state index in [2.05, 4.69) is 6.58 Å². The van der Waals surface area contributed by atoms with Gasteiger partial charge in [0.25, 0.3) is 0 Å². The van der Waals surface area contributed by atoms with Gasteiger partial charge in [0, 0.05) is 19.1 Å². The minimum Gasteiger partial charge on any atom is -0.445 e. The fourth-order valence-corrected chi connectivity index (χ4v) is 1.70. The van der Waals surface area contributed by atoms with Gasteiger partial charge in [-0.05, 0) is 12.8 Å². The number of halogens is 3. The standard InChI is InChI=1S/C11H15F3N2O3/c1-2-7-19-10(18)16-5-3-8(4-6-16)15-9(17)11(12,13)14/h2,8H,1,3-7H2,(H,15,17). The van der Waals surface area contributed by atoms with Crippen LogP contribution in [0.2, 0.25) is 0 Å². The van der Waals surface area contributed by atoms with Crippen LogP contribution in [0.15, 0.2) is 12.7 Å². The minimum absolute atomic E-state index is 0.0869. The van der Waals surface area contributed by atoms with E-state index >= 15 is 0 Å². The Morgan fingerprint density at radius 1 is 1.37 bits per heavy atom. The van der Waals surface area contributed by atoms with E-state index in [-0.39, 0.29) is 32.5 Å². The summed E-state index contributed by atoms with van der Waals surface area (Å²) in [6, 6.07) is -0.572. The molecule has 0 bridgehead atoms. The molecule has 108 valence electrons. The Balaban J connectivity index is 2.35. The topological polar surface area (TPSA) is 58.6 Å². The summed E-state index contributed by atoms with van der Waals surface area (Å²) in [6.45, 7) is 3.98. The lowest BCUT2D eigenvalue weighted by molar-refractivity contribution is -0.174. The number of carbonyl (C=O) groups is 2. The number of ether oxygens (including phenoxy) is 1. The van der Waals surface area contributed by atoms with Crippen molar-refractivity contribution < 1.29 is 27.5 Å². The van der Waals surface area contributed by atoms with Crippen LogP contribution in [0, 0.1) is 0 Å². The number of alkyl halides is 3. The number of nitrogens with zero attached hydrogens (tertiary/aromatic N) is 1. The van der Waals surface area contributed by atoms with E-state index in [1.54, 1.807) is 0 Å². The number of piperidine rings is 1. The normalized spacial score (nSPS) is 16.9. The molecule has 0 aromatic carbocycles. The Morgan fingerprint density at radius 2 is 1.95 bits per heavy atom. The van der Waals surface area contributed by atoms with Gasteiger partial charge in [-0.3, -0.25) is 4.79 Å². The first-order valence-corrected chi connectivity index (χ1v) is 5.75. The molecule has 1 rings (SSSR count). The molecule has 1 heterocycles. The van der Waals surface area contributed by atoms with Gasteiger partial charge in [0.05, 0.1) is 0 Å². The van der Waals surface area contributed by atoms with Crippen molar-refractivity contribution in [3.8, 4) is 0 Å². The quantitative estimate of drug-likeness (QED) is 0.796. The van der Waals surface area contributed by atoms with Gasteiger partial charge in [0.1, 0.15) is 6.61 Å². The number of hydrogen-bond acceptors (Lipinski definition) is 3. The summed E-state index contributed by atoms with van der Waals surface area (Å²) < 4.78 is 40.9. The van der Waals surface area contributed by atoms with Gasteiger partial charge in [0.2, 0.25) is 0 Å². The number of hydrogen-bond donors (Lipinski definition) is 1. The molecule has 8 heteroatoms. The highest BCUT2D eigenvalue weighted by Gasteiger charge is 2.40. The first-order valence-electron chi connectivity index (χ1n) is 5.75. The summed E-state index contributed by atoms with van der Waals surface area (Å²) in [5, 5.41) is 1.90. The van der Waals surface area contributed by atoms with Gasteiger partial charge in [-0.2, -0.15) is 13.2 Å². The third-order valence-electron chi connectivity index (χ3n) is 2.67. The number of carbonyl (C=O) groups excluding carboxylic acids is 2. The summed E-state index contributed by atoms with van der Waals surface area (Å²) in [5.41, 5.74) is 0. The van der Waals surface area contributed by atoms with Crippen molar-refractivity contribution in [1.82, 2.24) is 10.2 Å². The van der Waals surface area contributed by atoms with Crippen molar-refractivity contribution in [3.05, 3.63) is 12.7 Å². The molecule has 1 aliphatic rings. The van der Waals surface area contributed by atoms with Crippen LogP contribution in [0.3, 0.4) is 0 Å². The molecular formula is C11H15F3N2O3. The average molecular weight is 280 g/mol. The minimum atomic E-state index is -4.87. The zero-order chi connectivity index (χ0) is 14.5. The van der Waals surface area contributed by atoms with Crippen LogP contribution in [0.4, 0.5) is 18.0 Å². The van der Waals surface area contributed by atoms with Crippen LogP contribution < -0.4 is 5.32 Å². The smallest absolute Gasteiger partial charge is 0.445 e. The molecule has 0 unspecified atom stereocenters. The summed E-state index contributed by atoms with van der Waals surface area (Å²) >= 11 is 0. The maximum atomic E-state index is 12.0. The molecule has 0 spiro atoms. The Bertz CT molecular complexity index is 350. The van der Waals surface area contributed by atoms with Gasteiger partial charge < -0.3 is 15.0 Å². The first kappa shape index (κ1) is 15.3. The third-order valence-corrected chi connectivity index (χ3v) is 2.67. The summed E-state index contributed by atoms with van der Waals surface area (Å²) in [6.07, 6.45) is -3.44. The molecule has 1 N–H and O–H groups in total. The Kier molecular flexibility index (Phi) is 5.20. The Labute approximate surface area is 108 Å². The predicted molar refractivity (Wildman–Crippen MR) is 60.3 cm³/mol. The molecule has 0 saturated carbocycles. The molecule has 0 radical (unpaired) electrons. The summed E-state index contributed by atoms with van der Waals surface area (Å²) in [4.78, 5) is 23.6. The highest BCUT2D eigenvalue weighted by Crippen LogP contribution is 2.17. The highest BCUT2D eigenvalue weighted by molar-refractivity contribution is 5.82. The lowest BCUT2D eigenvalue weighted by Gasteiger charge is -2.31. The van der Waals surface area contributed by atoms with Gasteiger partial charge in [0.15, 0.2) is 0 Å². The fourth-order valence-electron chi connectivity index (χ4n) is 1.70. The van der Waals surface area contributed by atoms with E-state index in [1.165, 1.54) is 11.0 Å². The molecule has 1 fully saturated rings. The number of nitrogens with one attached hydrogen (secondary N) is 1. The molecule has 5 nitrogen and oxygen atoms in total. The Morgan fingerprint density at radius 3 is 2.42 bits per heavy atom. The van der Waals surface area contributed by atoms with Gasteiger partial charge in [-0.25, -0.2) is 4.79 Å². The third kappa shape index (κ3) is 4.80. The van der Waals surface area contributed by atoms with Gasteiger partial charge in [-0.15, -0.1) is 0 Å². The van der Waals surface area contributed by atoms with E-state index in [0.29, 0.717) is 0 Å². The lowest BCUT2D eigenvalue weighted by Crippen LogP contribution is -2.49. The Hall–Kier alpha value is -1.73.